The second kappa shape index (κ2) is 9.84. The van der Waals surface area contributed by atoms with Crippen LogP contribution in [0.1, 0.15) is 49.4 Å². The fraction of sp³-hybridized carbons (Fsp3) is 0.520. The van der Waals surface area contributed by atoms with E-state index >= 15 is 0 Å². The number of hydrogen-bond donors (Lipinski definition) is 1. The van der Waals surface area contributed by atoms with Gasteiger partial charge >= 0.3 is 0 Å². The number of aromatic hydroxyl groups is 1. The molecule has 2 aromatic rings. The molecule has 1 N–H and O–H groups in total. The minimum atomic E-state index is -0.570. The fourth-order valence-corrected chi connectivity index (χ4v) is 5.72. The van der Waals surface area contributed by atoms with Crippen molar-refractivity contribution in [3.63, 3.8) is 0 Å². The van der Waals surface area contributed by atoms with Crippen LogP contribution in [-0.4, -0.2) is 35.7 Å². The number of likely N-dealkylation sites (tertiary alicyclic amines) is 1. The van der Waals surface area contributed by atoms with Crippen molar-refractivity contribution in [1.29, 1.82) is 0 Å². The molecule has 2 bridgehead atoms. The van der Waals surface area contributed by atoms with Crippen molar-refractivity contribution in [2.75, 3.05) is 19.7 Å². The quantitative estimate of drug-likeness (QED) is 0.528. The molecule has 1 aliphatic carbocycles. The molecule has 1 aliphatic heterocycles. The zero-order chi connectivity index (χ0) is 21.7. The van der Waals surface area contributed by atoms with E-state index in [1.165, 1.54) is 29.3 Å². The molecule has 0 spiro atoms. The maximum absolute atomic E-state index is 13.8. The zero-order valence-corrected chi connectivity index (χ0v) is 20.7. The molecule has 0 saturated carbocycles. The van der Waals surface area contributed by atoms with Crippen LogP contribution >= 0.6 is 24.8 Å². The SMILES string of the molecule is Cc1ccc(O)c2c1[C@]1(C)CCN(CCOCc3c(F)cccc3F)[C@H](C2)C1(C)C.Cl.Cl. The molecule has 2 atom stereocenters. The van der Waals surface area contributed by atoms with E-state index < -0.39 is 11.6 Å². The number of aryl methyl sites for hydroxylation is 1. The van der Waals surface area contributed by atoms with Gasteiger partial charge < -0.3 is 9.84 Å². The van der Waals surface area contributed by atoms with Crippen LogP contribution in [0.2, 0.25) is 0 Å². The van der Waals surface area contributed by atoms with Gasteiger partial charge in [0.2, 0.25) is 0 Å². The lowest BCUT2D eigenvalue weighted by Crippen LogP contribution is -2.64. The Balaban J connectivity index is 0.00000181. The minimum absolute atomic E-state index is 0. The highest BCUT2D eigenvalue weighted by molar-refractivity contribution is 5.85. The Kier molecular flexibility index (Phi) is 8.26. The number of ether oxygens (including phenoxy) is 1. The van der Waals surface area contributed by atoms with Crippen molar-refractivity contribution < 1.29 is 18.6 Å². The summed E-state index contributed by atoms with van der Waals surface area (Å²) in [5.41, 5.74) is 3.63. The minimum Gasteiger partial charge on any atom is -0.508 e. The van der Waals surface area contributed by atoms with Crippen LogP contribution in [0, 0.1) is 24.0 Å². The van der Waals surface area contributed by atoms with E-state index in [1.54, 1.807) is 0 Å². The number of rotatable bonds is 5. The van der Waals surface area contributed by atoms with E-state index in [9.17, 15) is 13.9 Å². The van der Waals surface area contributed by atoms with Gasteiger partial charge in [0.1, 0.15) is 17.4 Å². The maximum atomic E-state index is 13.8. The molecule has 1 heterocycles. The standard InChI is InChI=1S/C25H31F2NO2.2ClH/c1-16-8-9-21(29)17-14-22-24(2,3)25(4,23(16)17)10-11-28(22)12-13-30-15-18-19(26)6-5-7-20(18)27;;/h5-9,22,29H,10-15H2,1-4H3;2*1H/t22-,25+;;/m1../s1. The molecular formula is C25H33Cl2F2NO2. The smallest absolute Gasteiger partial charge is 0.131 e. The molecule has 7 heteroatoms. The topological polar surface area (TPSA) is 32.7 Å². The number of benzene rings is 2. The van der Waals surface area contributed by atoms with Crippen LogP contribution in [0.3, 0.4) is 0 Å². The van der Waals surface area contributed by atoms with Crippen LogP contribution in [0.4, 0.5) is 8.78 Å². The lowest BCUT2D eigenvalue weighted by molar-refractivity contribution is -0.0501. The summed E-state index contributed by atoms with van der Waals surface area (Å²) in [6, 6.07) is 7.97. The molecule has 0 unspecified atom stereocenters. The highest BCUT2D eigenvalue weighted by Crippen LogP contribution is 2.57. The second-order valence-electron chi connectivity index (χ2n) is 9.57. The van der Waals surface area contributed by atoms with E-state index in [0.29, 0.717) is 18.9 Å². The summed E-state index contributed by atoms with van der Waals surface area (Å²) in [4.78, 5) is 2.42. The predicted molar refractivity (Wildman–Crippen MR) is 128 cm³/mol. The Morgan fingerprint density at radius 1 is 1.09 bits per heavy atom. The van der Waals surface area contributed by atoms with Crippen molar-refractivity contribution in [3.8, 4) is 5.75 Å². The van der Waals surface area contributed by atoms with Crippen molar-refractivity contribution in [1.82, 2.24) is 4.90 Å². The van der Waals surface area contributed by atoms with E-state index in [1.807, 2.05) is 12.1 Å². The number of phenolic OH excluding ortho intramolecular Hbond substituents is 1. The Morgan fingerprint density at radius 2 is 1.75 bits per heavy atom. The lowest BCUT2D eigenvalue weighted by Gasteiger charge is -2.61. The maximum Gasteiger partial charge on any atom is 0.131 e. The van der Waals surface area contributed by atoms with Crippen LogP contribution < -0.4 is 0 Å². The van der Waals surface area contributed by atoms with Crippen molar-refractivity contribution in [3.05, 3.63) is 64.2 Å². The highest BCUT2D eigenvalue weighted by atomic mass is 35.5. The molecule has 0 aromatic heterocycles. The Morgan fingerprint density at radius 3 is 2.41 bits per heavy atom. The molecule has 1 fully saturated rings. The Hall–Kier alpha value is -1.40. The third kappa shape index (κ3) is 4.25. The van der Waals surface area contributed by atoms with Gasteiger partial charge in [-0.05, 0) is 66.6 Å². The van der Waals surface area contributed by atoms with E-state index in [4.69, 9.17) is 4.74 Å². The summed E-state index contributed by atoms with van der Waals surface area (Å²) in [7, 11) is 0. The summed E-state index contributed by atoms with van der Waals surface area (Å²) in [6.07, 6.45) is 1.79. The van der Waals surface area contributed by atoms with Crippen LogP contribution in [0.15, 0.2) is 30.3 Å². The van der Waals surface area contributed by atoms with Crippen molar-refractivity contribution in [2.24, 2.45) is 5.41 Å². The first-order valence-corrected chi connectivity index (χ1v) is 10.7. The molecule has 4 rings (SSSR count). The molecule has 1 saturated heterocycles. The third-order valence-electron chi connectivity index (χ3n) is 7.87. The number of fused-ring (bicyclic) bond motifs is 4. The van der Waals surface area contributed by atoms with Gasteiger partial charge in [-0.3, -0.25) is 4.90 Å². The van der Waals surface area contributed by atoms with Crippen LogP contribution in [0.5, 0.6) is 5.75 Å². The second-order valence-corrected chi connectivity index (χ2v) is 9.57. The first-order valence-electron chi connectivity index (χ1n) is 10.7. The zero-order valence-electron chi connectivity index (χ0n) is 19.1. The summed E-state index contributed by atoms with van der Waals surface area (Å²) in [5.74, 6) is -0.755. The molecule has 2 aliphatic rings. The molecular weight excluding hydrogens is 455 g/mol. The van der Waals surface area contributed by atoms with Crippen molar-refractivity contribution >= 4 is 24.8 Å². The molecule has 0 radical (unpaired) electrons. The monoisotopic (exact) mass is 487 g/mol. The number of nitrogens with zero attached hydrogens (tertiary/aromatic N) is 1. The average molecular weight is 488 g/mol. The van der Waals surface area contributed by atoms with Gasteiger partial charge in [0.25, 0.3) is 0 Å². The molecule has 3 nitrogen and oxygen atoms in total. The summed E-state index contributed by atoms with van der Waals surface area (Å²) in [6.45, 7) is 11.1. The normalized spacial score (nSPS) is 23.6. The molecule has 2 aromatic carbocycles. The molecule has 0 amide bonds. The number of phenols is 1. The van der Waals surface area contributed by atoms with Gasteiger partial charge in [-0.2, -0.15) is 0 Å². The van der Waals surface area contributed by atoms with Crippen LogP contribution in [-0.2, 0) is 23.2 Å². The number of piperidine rings is 1. The summed E-state index contributed by atoms with van der Waals surface area (Å²) < 4.78 is 33.3. The largest absolute Gasteiger partial charge is 0.508 e. The number of halogens is 4. The van der Waals surface area contributed by atoms with Gasteiger partial charge in [0.05, 0.1) is 13.2 Å². The van der Waals surface area contributed by atoms with Crippen molar-refractivity contribution in [2.45, 2.75) is 58.6 Å². The van der Waals surface area contributed by atoms with Gasteiger partial charge in [0.15, 0.2) is 0 Å². The van der Waals surface area contributed by atoms with Gasteiger partial charge in [0, 0.05) is 23.6 Å². The molecule has 178 valence electrons. The number of hydrogen-bond acceptors (Lipinski definition) is 3. The highest BCUT2D eigenvalue weighted by Gasteiger charge is 2.56. The summed E-state index contributed by atoms with van der Waals surface area (Å²) in [5, 5.41) is 10.6. The van der Waals surface area contributed by atoms with Gasteiger partial charge in [-0.15, -0.1) is 24.8 Å². The predicted octanol–water partition coefficient (Wildman–Crippen LogP) is 5.95. The summed E-state index contributed by atoms with van der Waals surface area (Å²) >= 11 is 0. The first kappa shape index (κ1) is 26.8. The lowest BCUT2D eigenvalue weighted by atomic mass is 9.50. The fourth-order valence-electron chi connectivity index (χ4n) is 5.72. The average Bonchev–Trinajstić information content (AvgIpc) is 2.67. The van der Waals surface area contributed by atoms with Gasteiger partial charge in [-0.25, -0.2) is 8.78 Å². The van der Waals surface area contributed by atoms with E-state index in [2.05, 4.69) is 32.6 Å². The van der Waals surface area contributed by atoms with E-state index in [-0.39, 0.29) is 53.9 Å². The van der Waals surface area contributed by atoms with Gasteiger partial charge in [-0.1, -0.05) is 32.9 Å². The molecule has 32 heavy (non-hydrogen) atoms. The van der Waals surface area contributed by atoms with Crippen LogP contribution in [0.25, 0.3) is 0 Å². The Labute approximate surface area is 202 Å². The third-order valence-corrected chi connectivity index (χ3v) is 7.87. The first-order chi connectivity index (χ1) is 14.2. The van der Waals surface area contributed by atoms with E-state index in [0.717, 1.165) is 24.9 Å². The Bertz CT molecular complexity index is 949.